The lowest BCUT2D eigenvalue weighted by Crippen LogP contribution is -2.47. The van der Waals surface area contributed by atoms with E-state index in [1.807, 2.05) is 44.2 Å². The highest BCUT2D eigenvalue weighted by Crippen LogP contribution is 2.40. The number of fused-ring (bicyclic) bond motifs is 1. The number of urea groups is 1. The van der Waals surface area contributed by atoms with Gasteiger partial charge < -0.3 is 9.80 Å². The molecule has 0 spiro atoms. The van der Waals surface area contributed by atoms with Crippen molar-refractivity contribution in [2.45, 2.75) is 50.7 Å². The average Bonchev–Trinajstić information content (AvgIpc) is 3.14. The predicted molar refractivity (Wildman–Crippen MR) is 88.4 cm³/mol. The monoisotopic (exact) mass is 327 g/mol. The van der Waals surface area contributed by atoms with Crippen LogP contribution in [0.4, 0.5) is 10.5 Å². The molecule has 0 N–H and O–H groups in total. The fourth-order valence-corrected chi connectivity index (χ4v) is 4.34. The Bertz CT molecular complexity index is 719. The Morgan fingerprint density at radius 1 is 1.08 bits per heavy atom. The van der Waals surface area contributed by atoms with Gasteiger partial charge in [0.2, 0.25) is 0 Å². The summed E-state index contributed by atoms with van der Waals surface area (Å²) in [5.41, 5.74) is 0.0455. The molecule has 3 fully saturated rings. The Morgan fingerprint density at radius 2 is 1.79 bits per heavy atom. The van der Waals surface area contributed by atoms with Crippen LogP contribution in [0.1, 0.15) is 33.1 Å². The van der Waals surface area contributed by atoms with Gasteiger partial charge in [0.15, 0.2) is 0 Å². The predicted octanol–water partition coefficient (Wildman–Crippen LogP) is 2.00. The summed E-state index contributed by atoms with van der Waals surface area (Å²) in [6.45, 7) is 4.37. The number of rotatable bonds is 2. The van der Waals surface area contributed by atoms with Gasteiger partial charge in [-0.05, 0) is 45.2 Å². The van der Waals surface area contributed by atoms with E-state index in [0.717, 1.165) is 12.1 Å². The second-order valence-corrected chi connectivity index (χ2v) is 7.13. The van der Waals surface area contributed by atoms with Gasteiger partial charge in [0.25, 0.3) is 11.8 Å². The van der Waals surface area contributed by atoms with Crippen molar-refractivity contribution < 1.29 is 14.4 Å². The van der Waals surface area contributed by atoms with Crippen molar-refractivity contribution in [2.75, 3.05) is 11.4 Å². The maximum absolute atomic E-state index is 13.0. The van der Waals surface area contributed by atoms with Crippen molar-refractivity contribution in [3.05, 3.63) is 30.3 Å². The van der Waals surface area contributed by atoms with E-state index >= 15 is 0 Å². The molecular weight excluding hydrogens is 306 g/mol. The summed E-state index contributed by atoms with van der Waals surface area (Å²) < 4.78 is 0. The van der Waals surface area contributed by atoms with E-state index in [9.17, 15) is 14.4 Å². The number of carbonyl (C=O) groups is 3. The lowest BCUT2D eigenvalue weighted by Gasteiger charge is -2.23. The number of benzene rings is 1. The first kappa shape index (κ1) is 15.2. The highest BCUT2D eigenvalue weighted by molar-refractivity contribution is 6.12. The van der Waals surface area contributed by atoms with Gasteiger partial charge in [-0.3, -0.25) is 9.59 Å². The number of carbonyl (C=O) groups excluding carboxylic acids is 3. The number of hydrogen-bond donors (Lipinski definition) is 0. The van der Waals surface area contributed by atoms with Crippen LogP contribution < -0.4 is 4.90 Å². The van der Waals surface area contributed by atoms with Crippen molar-refractivity contribution in [1.29, 1.82) is 0 Å². The number of anilines is 1. The van der Waals surface area contributed by atoms with Gasteiger partial charge in [0.05, 0.1) is 0 Å². The van der Waals surface area contributed by atoms with Crippen LogP contribution in [0.2, 0.25) is 0 Å². The van der Waals surface area contributed by atoms with E-state index in [1.165, 1.54) is 4.90 Å². The van der Waals surface area contributed by atoms with Crippen LogP contribution in [0.25, 0.3) is 0 Å². The zero-order valence-corrected chi connectivity index (χ0v) is 13.9. The zero-order chi connectivity index (χ0) is 17.1. The minimum Gasteiger partial charge on any atom is -0.310 e. The third-order valence-electron chi connectivity index (χ3n) is 5.63. The Kier molecular flexibility index (Phi) is 3.20. The van der Waals surface area contributed by atoms with E-state index in [-0.39, 0.29) is 23.9 Å². The third-order valence-corrected chi connectivity index (χ3v) is 5.63. The van der Waals surface area contributed by atoms with Crippen LogP contribution in [0, 0.1) is 0 Å². The molecule has 0 aliphatic carbocycles. The molecule has 0 unspecified atom stereocenters. The molecule has 126 valence electrons. The highest BCUT2D eigenvalue weighted by Gasteiger charge is 2.60. The second kappa shape index (κ2) is 5.06. The van der Waals surface area contributed by atoms with Gasteiger partial charge >= 0.3 is 6.03 Å². The van der Waals surface area contributed by atoms with Gasteiger partial charge in [-0.1, -0.05) is 18.2 Å². The molecule has 6 nitrogen and oxygen atoms in total. The summed E-state index contributed by atoms with van der Waals surface area (Å²) in [6.07, 6.45) is 2.00. The first-order valence-electron chi connectivity index (χ1n) is 8.48. The van der Waals surface area contributed by atoms with E-state index in [1.54, 1.807) is 9.80 Å². The largest absolute Gasteiger partial charge is 0.328 e. The van der Waals surface area contributed by atoms with E-state index < -0.39 is 11.6 Å². The smallest absolute Gasteiger partial charge is 0.310 e. The molecule has 3 aliphatic heterocycles. The molecule has 3 aliphatic rings. The maximum atomic E-state index is 13.0. The molecular formula is C18H21N3O3. The summed E-state index contributed by atoms with van der Waals surface area (Å²) >= 11 is 0. The second-order valence-electron chi connectivity index (χ2n) is 7.13. The van der Waals surface area contributed by atoms with Gasteiger partial charge in [-0.15, -0.1) is 0 Å². The number of imide groups is 1. The fourth-order valence-electron chi connectivity index (χ4n) is 4.34. The minimum absolute atomic E-state index is 0.0475. The lowest BCUT2D eigenvalue weighted by atomic mass is 9.98. The molecule has 1 aromatic carbocycles. The van der Waals surface area contributed by atoms with E-state index in [4.69, 9.17) is 0 Å². The SMILES string of the molecule is C[C@@H]1C[C@H](N2C(=O)N3CCC[C@]3(C)C2=O)C(=O)N1c1ccccc1. The Hall–Kier alpha value is -2.37. The number of para-hydroxylation sites is 1. The first-order chi connectivity index (χ1) is 11.4. The normalized spacial score (nSPS) is 32.9. The molecule has 6 heteroatoms. The average molecular weight is 327 g/mol. The topological polar surface area (TPSA) is 60.9 Å². The number of nitrogens with zero attached hydrogens (tertiary/aromatic N) is 3. The summed E-state index contributed by atoms with van der Waals surface area (Å²) in [5, 5.41) is 0. The van der Waals surface area contributed by atoms with Crippen molar-refractivity contribution in [3.8, 4) is 0 Å². The molecule has 1 aromatic rings. The number of amides is 4. The standard InChI is InChI=1S/C18H21N3O3/c1-12-11-14(15(22)20(12)13-7-4-3-5-8-13)21-16(23)18(2)9-6-10-19(18)17(21)24/h3-5,7-8,12,14H,6,9-11H2,1-2H3/t12-,14+,18-/m1/s1. The zero-order valence-electron chi connectivity index (χ0n) is 13.9. The molecule has 0 radical (unpaired) electrons. The van der Waals surface area contributed by atoms with Crippen LogP contribution in [0.5, 0.6) is 0 Å². The minimum atomic E-state index is -0.763. The Morgan fingerprint density at radius 3 is 2.46 bits per heavy atom. The summed E-state index contributed by atoms with van der Waals surface area (Å²) in [6, 6.07) is 8.37. The third kappa shape index (κ3) is 1.85. The molecule has 3 atom stereocenters. The molecule has 4 amide bonds. The van der Waals surface area contributed by atoms with Crippen LogP contribution >= 0.6 is 0 Å². The van der Waals surface area contributed by atoms with Gasteiger partial charge in [-0.25, -0.2) is 9.69 Å². The molecule has 3 saturated heterocycles. The molecule has 24 heavy (non-hydrogen) atoms. The molecule has 3 heterocycles. The summed E-state index contributed by atoms with van der Waals surface area (Å²) in [7, 11) is 0. The van der Waals surface area contributed by atoms with Crippen molar-refractivity contribution in [3.63, 3.8) is 0 Å². The Balaban J connectivity index is 1.65. The van der Waals surface area contributed by atoms with Crippen LogP contribution in [0.15, 0.2) is 30.3 Å². The van der Waals surface area contributed by atoms with Gasteiger partial charge in [0.1, 0.15) is 11.6 Å². The Labute approximate surface area is 141 Å². The van der Waals surface area contributed by atoms with E-state index in [2.05, 4.69) is 0 Å². The molecule has 0 saturated carbocycles. The van der Waals surface area contributed by atoms with Crippen molar-refractivity contribution in [2.24, 2.45) is 0 Å². The molecule has 0 bridgehead atoms. The number of hydrogen-bond acceptors (Lipinski definition) is 3. The first-order valence-corrected chi connectivity index (χ1v) is 8.48. The van der Waals surface area contributed by atoms with Crippen molar-refractivity contribution >= 4 is 23.5 Å². The molecule has 0 aromatic heterocycles. The quantitative estimate of drug-likeness (QED) is 0.781. The van der Waals surface area contributed by atoms with Crippen molar-refractivity contribution in [1.82, 2.24) is 9.80 Å². The van der Waals surface area contributed by atoms with Gasteiger partial charge in [0, 0.05) is 18.3 Å². The lowest BCUT2D eigenvalue weighted by molar-refractivity contribution is -0.136. The van der Waals surface area contributed by atoms with Gasteiger partial charge in [-0.2, -0.15) is 0 Å². The maximum Gasteiger partial charge on any atom is 0.328 e. The summed E-state index contributed by atoms with van der Waals surface area (Å²) in [4.78, 5) is 43.2. The van der Waals surface area contributed by atoms with Crippen LogP contribution in [-0.2, 0) is 9.59 Å². The molecule has 4 rings (SSSR count). The highest BCUT2D eigenvalue weighted by atomic mass is 16.2. The van der Waals surface area contributed by atoms with Crippen LogP contribution in [-0.4, -0.2) is 51.8 Å². The summed E-state index contributed by atoms with van der Waals surface area (Å²) in [5.74, 6) is -0.384. The van der Waals surface area contributed by atoms with Crippen LogP contribution in [0.3, 0.4) is 0 Å². The fraction of sp³-hybridized carbons (Fsp3) is 0.500. The van der Waals surface area contributed by atoms with E-state index in [0.29, 0.717) is 19.4 Å².